The minimum atomic E-state index is 0.414. The van der Waals surface area contributed by atoms with Crippen LogP contribution in [-0.2, 0) is 0 Å². The van der Waals surface area contributed by atoms with E-state index in [4.69, 9.17) is 10.4 Å². The minimum Gasteiger partial charge on any atom is -0.357 e. The molecular weight excluding hydrogens is 184 g/mol. The van der Waals surface area contributed by atoms with E-state index in [2.05, 4.69) is 24.4 Å². The predicted octanol–water partition coefficient (Wildman–Crippen LogP) is 0.855. The molecule has 6 nitrogen and oxygen atoms in total. The zero-order valence-corrected chi connectivity index (χ0v) is 9.14. The number of nitrogens with one attached hydrogen (secondary N) is 1. The molecule has 0 rings (SSSR count). The number of hydrogen-bond donors (Lipinski definition) is 3. The molecule has 0 unspecified atom stereocenters. The lowest BCUT2D eigenvalue weighted by molar-refractivity contribution is -0.941. The van der Waals surface area contributed by atoms with E-state index in [1.165, 1.54) is 0 Å². The fraction of sp³-hybridized carbons (Fsp3) is 1.00. The molecule has 14 heavy (non-hydrogen) atoms. The number of hydrazine groups is 1. The second-order valence-electron chi connectivity index (χ2n) is 3.42. The second-order valence-corrected chi connectivity index (χ2v) is 3.42. The van der Waals surface area contributed by atoms with Gasteiger partial charge in [-0.25, -0.2) is 5.21 Å². The lowest BCUT2D eigenvalue weighted by atomic mass is 10.4. The smallest absolute Gasteiger partial charge is 0.271 e. The van der Waals surface area contributed by atoms with Crippen LogP contribution in [0.4, 0.5) is 0 Å². The van der Waals surface area contributed by atoms with E-state index in [0.717, 1.165) is 13.0 Å². The van der Waals surface area contributed by atoms with Crippen LogP contribution in [0.1, 0.15) is 27.2 Å². The Balaban J connectivity index is 3.85. The number of nitrogens with zero attached hydrogens (tertiary/aromatic N) is 3. The van der Waals surface area contributed by atoms with Crippen molar-refractivity contribution in [3.63, 3.8) is 0 Å². The van der Waals surface area contributed by atoms with Crippen LogP contribution >= 0.6 is 0 Å². The normalized spacial score (nSPS) is 12.1. The molecule has 0 aliphatic rings. The molecule has 0 aromatic carbocycles. The van der Waals surface area contributed by atoms with E-state index in [1.807, 2.05) is 6.92 Å². The molecule has 0 aromatic rings. The summed E-state index contributed by atoms with van der Waals surface area (Å²) in [5.74, 6) is 0. The summed E-state index contributed by atoms with van der Waals surface area (Å²) in [6.45, 7) is 8.10. The standard InChI is InChI=1S/C8H20N4O2/c1-4-6-11(12(14)10-13)7-5-9-8(2)3/h8-9,14H,4-7H2,1-3H3/p+1. The third kappa shape index (κ3) is 5.58. The van der Waals surface area contributed by atoms with Crippen molar-refractivity contribution in [2.45, 2.75) is 33.2 Å². The quantitative estimate of drug-likeness (QED) is 0.327. The van der Waals surface area contributed by atoms with Crippen LogP contribution in [0.2, 0.25) is 0 Å². The second kappa shape index (κ2) is 7.37. The van der Waals surface area contributed by atoms with Crippen LogP contribution in [0, 0.1) is 0 Å². The van der Waals surface area contributed by atoms with E-state index in [-0.39, 0.29) is 0 Å². The van der Waals surface area contributed by atoms with Gasteiger partial charge < -0.3 is 10.5 Å². The van der Waals surface area contributed by atoms with E-state index in [9.17, 15) is 0 Å². The molecule has 0 saturated carbocycles. The van der Waals surface area contributed by atoms with Gasteiger partial charge in [-0.2, -0.15) is 0 Å². The molecule has 0 radical (unpaired) electrons. The fourth-order valence-corrected chi connectivity index (χ4v) is 1.09. The third-order valence-electron chi connectivity index (χ3n) is 1.74. The van der Waals surface area contributed by atoms with Crippen molar-refractivity contribution >= 4 is 0 Å². The molecular formula is C8H21N4O2+. The Morgan fingerprint density at radius 2 is 2.07 bits per heavy atom. The van der Waals surface area contributed by atoms with Crippen LogP contribution in [0.3, 0.4) is 0 Å². The van der Waals surface area contributed by atoms with Crippen molar-refractivity contribution in [3.05, 3.63) is 0 Å². The van der Waals surface area contributed by atoms with Crippen molar-refractivity contribution < 1.29 is 15.4 Å². The van der Waals surface area contributed by atoms with Gasteiger partial charge in [-0.15, -0.1) is 5.01 Å². The van der Waals surface area contributed by atoms with Crippen LogP contribution in [-0.4, -0.2) is 46.1 Å². The first-order valence-electron chi connectivity index (χ1n) is 4.94. The molecule has 3 N–H and O–H groups in total. The summed E-state index contributed by atoms with van der Waals surface area (Å²) in [7, 11) is 0. The van der Waals surface area contributed by atoms with Gasteiger partial charge in [0.1, 0.15) is 0 Å². The van der Waals surface area contributed by atoms with Crippen molar-refractivity contribution in [2.75, 3.05) is 19.6 Å². The first kappa shape index (κ1) is 13.0. The molecule has 0 amide bonds. The highest BCUT2D eigenvalue weighted by atomic mass is 16.6. The van der Waals surface area contributed by atoms with E-state index in [0.29, 0.717) is 24.1 Å². The van der Waals surface area contributed by atoms with Gasteiger partial charge >= 0.3 is 0 Å². The van der Waals surface area contributed by atoms with Gasteiger partial charge in [0, 0.05) is 12.6 Å². The summed E-state index contributed by atoms with van der Waals surface area (Å²) in [5, 5.41) is 25.0. The molecule has 0 aromatic heterocycles. The molecule has 84 valence electrons. The average Bonchev–Trinajstić information content (AvgIpc) is 2.15. The van der Waals surface area contributed by atoms with Crippen LogP contribution in [0.5, 0.6) is 0 Å². The van der Waals surface area contributed by atoms with Crippen molar-refractivity contribution in [1.82, 2.24) is 10.3 Å². The Morgan fingerprint density at radius 3 is 2.50 bits per heavy atom. The van der Waals surface area contributed by atoms with Crippen LogP contribution < -0.4 is 5.32 Å². The fourth-order valence-electron chi connectivity index (χ4n) is 1.09. The Hall–Kier alpha value is -1.04. The zero-order chi connectivity index (χ0) is 11.0. The van der Waals surface area contributed by atoms with Crippen LogP contribution in [0.15, 0.2) is 5.28 Å². The maximum Gasteiger partial charge on any atom is 0.271 e. The highest BCUT2D eigenvalue weighted by Gasteiger charge is 2.16. The molecule has 0 atom stereocenters. The molecule has 6 heteroatoms. The third-order valence-corrected chi connectivity index (χ3v) is 1.74. The molecule has 0 fully saturated rings. The molecule has 0 saturated heterocycles. The van der Waals surface area contributed by atoms with E-state index >= 15 is 0 Å². The first-order chi connectivity index (χ1) is 6.61. The summed E-state index contributed by atoms with van der Waals surface area (Å²) in [6, 6.07) is 0.414. The summed E-state index contributed by atoms with van der Waals surface area (Å²) >= 11 is 0. The van der Waals surface area contributed by atoms with Crippen molar-refractivity contribution in [3.8, 4) is 0 Å². The van der Waals surface area contributed by atoms with Crippen molar-refractivity contribution in [2.24, 2.45) is 5.28 Å². The monoisotopic (exact) mass is 205 g/mol. The highest BCUT2D eigenvalue weighted by molar-refractivity contribution is 4.54. The van der Waals surface area contributed by atoms with Gasteiger partial charge in [0.2, 0.25) is 0 Å². The van der Waals surface area contributed by atoms with Gasteiger partial charge in [0.05, 0.1) is 13.1 Å². The van der Waals surface area contributed by atoms with Crippen LogP contribution in [0.25, 0.3) is 0 Å². The largest absolute Gasteiger partial charge is 0.357 e. The van der Waals surface area contributed by atoms with Gasteiger partial charge in [0.25, 0.3) is 10.2 Å². The summed E-state index contributed by atoms with van der Waals surface area (Å²) in [6.07, 6.45) is 0.883. The Kier molecular flexibility index (Phi) is 6.82. The Morgan fingerprint density at radius 1 is 1.43 bits per heavy atom. The molecule has 0 aliphatic carbocycles. The van der Waals surface area contributed by atoms with Crippen molar-refractivity contribution in [1.29, 1.82) is 0 Å². The zero-order valence-electron chi connectivity index (χ0n) is 9.14. The summed E-state index contributed by atoms with van der Waals surface area (Å²) in [5.41, 5.74) is 0. The Bertz CT molecular complexity index is 173. The maximum atomic E-state index is 9.13. The number of hydrogen-bond acceptors (Lipinski definition) is 2. The van der Waals surface area contributed by atoms with Gasteiger partial charge in [-0.3, -0.25) is 0 Å². The predicted molar refractivity (Wildman–Crippen MR) is 51.3 cm³/mol. The SMILES string of the molecule is CCCN(CCNC(C)C)/[N+](O)=N/O. The minimum absolute atomic E-state index is 0.414. The van der Waals surface area contributed by atoms with Gasteiger partial charge in [0.15, 0.2) is 0 Å². The first-order valence-corrected chi connectivity index (χ1v) is 4.94. The molecule has 0 aliphatic heterocycles. The van der Waals surface area contributed by atoms with Gasteiger partial charge in [-0.05, 0) is 6.42 Å². The highest BCUT2D eigenvalue weighted by Crippen LogP contribution is 1.91. The van der Waals surface area contributed by atoms with E-state index < -0.39 is 0 Å². The molecule has 0 spiro atoms. The maximum absolute atomic E-state index is 9.13. The average molecular weight is 205 g/mol. The summed E-state index contributed by atoms with van der Waals surface area (Å²) < 4.78 is 0. The van der Waals surface area contributed by atoms with Gasteiger partial charge in [-0.1, -0.05) is 20.8 Å². The van der Waals surface area contributed by atoms with E-state index in [1.54, 1.807) is 5.01 Å². The Labute approximate surface area is 84.7 Å². The molecule has 0 bridgehead atoms. The topological polar surface area (TPSA) is 71.1 Å². The lowest BCUT2D eigenvalue weighted by Crippen LogP contribution is -2.39. The number of rotatable bonds is 7. The summed E-state index contributed by atoms with van der Waals surface area (Å²) in [4.78, 5) is 0.478. The lowest BCUT2D eigenvalue weighted by Gasteiger charge is -2.13. The molecule has 0 heterocycles.